The van der Waals surface area contributed by atoms with Crippen LogP contribution in [0.15, 0.2) is 149 Å². The summed E-state index contributed by atoms with van der Waals surface area (Å²) in [7, 11) is -1.89. The molecule has 44 heavy (non-hydrogen) atoms. The Kier molecular flexibility index (Phi) is 8.28. The van der Waals surface area contributed by atoms with Crippen molar-refractivity contribution in [2.45, 2.75) is 9.79 Å². The van der Waals surface area contributed by atoms with Gasteiger partial charge in [0.05, 0.1) is 5.69 Å². The van der Waals surface area contributed by atoms with Crippen molar-refractivity contribution < 1.29 is 0 Å². The van der Waals surface area contributed by atoms with E-state index in [1.807, 2.05) is 18.3 Å². The first-order chi connectivity index (χ1) is 21.1. The van der Waals surface area contributed by atoms with E-state index in [0.29, 0.717) is 0 Å². The van der Waals surface area contributed by atoms with E-state index in [0.717, 1.165) is 11.3 Å². The molecule has 0 saturated carbocycles. The summed E-state index contributed by atoms with van der Waals surface area (Å²) < 4.78 is 0. The molecule has 0 amide bonds. The van der Waals surface area contributed by atoms with Gasteiger partial charge in [-0.2, -0.15) is 0 Å². The molecule has 0 spiro atoms. The van der Waals surface area contributed by atoms with Crippen molar-refractivity contribution in [2.75, 3.05) is 37.5 Å². The van der Waals surface area contributed by atoms with Crippen LogP contribution in [0.4, 0.5) is 0 Å². The molecule has 0 saturated heterocycles. The lowest BCUT2D eigenvalue weighted by molar-refractivity contribution is 1.33. The molecule has 0 aliphatic carbocycles. The maximum absolute atomic E-state index is 4.55. The second-order valence-corrected chi connectivity index (χ2v) is 21.0. The summed E-state index contributed by atoms with van der Waals surface area (Å²) in [5.74, 6) is 0. The summed E-state index contributed by atoms with van der Waals surface area (Å²) in [6.45, 7) is 0. The molecule has 6 rings (SSSR count). The van der Waals surface area contributed by atoms with Crippen molar-refractivity contribution in [2.24, 2.45) is 0 Å². The zero-order chi connectivity index (χ0) is 30.9. The molecule has 0 aliphatic rings. The van der Waals surface area contributed by atoms with Crippen LogP contribution in [-0.2, 0) is 0 Å². The van der Waals surface area contributed by atoms with Crippen LogP contribution < -0.4 is 0 Å². The van der Waals surface area contributed by atoms with Gasteiger partial charge in [0.15, 0.2) is 0 Å². The zero-order valence-electron chi connectivity index (χ0n) is 26.5. The van der Waals surface area contributed by atoms with Crippen molar-refractivity contribution in [3.05, 3.63) is 140 Å². The molecule has 0 N–H and O–H groups in total. The molecule has 0 fully saturated rings. The Hall–Kier alpha value is -4.05. The molecular formula is C41H41NS2. The molecule has 1 aromatic heterocycles. The van der Waals surface area contributed by atoms with Crippen molar-refractivity contribution in [1.29, 1.82) is 0 Å². The van der Waals surface area contributed by atoms with Crippen molar-refractivity contribution in [3.63, 3.8) is 0 Å². The molecular weight excluding hydrogens is 571 g/mol. The summed E-state index contributed by atoms with van der Waals surface area (Å²) >= 11 is 0. The Bertz CT molecular complexity index is 1830. The molecule has 0 bridgehead atoms. The number of nitrogens with zero attached hydrogens (tertiary/aromatic N) is 1. The van der Waals surface area contributed by atoms with Crippen LogP contribution >= 0.6 is 20.1 Å². The van der Waals surface area contributed by atoms with Gasteiger partial charge in [-0.25, -0.2) is 20.1 Å². The summed E-state index contributed by atoms with van der Waals surface area (Å²) in [5, 5.41) is 0. The summed E-state index contributed by atoms with van der Waals surface area (Å²) in [6.07, 6.45) is 16.2. The smallest absolute Gasteiger partial charge is 0.0701 e. The van der Waals surface area contributed by atoms with Crippen molar-refractivity contribution in [3.8, 4) is 55.8 Å². The highest BCUT2D eigenvalue weighted by atomic mass is 32.3. The van der Waals surface area contributed by atoms with Gasteiger partial charge in [-0.1, -0.05) is 91.0 Å². The first-order valence-electron chi connectivity index (χ1n) is 14.9. The quantitative estimate of drug-likeness (QED) is 0.175. The molecule has 0 aliphatic heterocycles. The second kappa shape index (κ2) is 12.1. The lowest BCUT2D eigenvalue weighted by Gasteiger charge is -2.30. The molecule has 1 nitrogen and oxygen atoms in total. The zero-order valence-corrected chi connectivity index (χ0v) is 28.2. The molecule has 222 valence electrons. The lowest BCUT2D eigenvalue weighted by atomic mass is 9.89. The van der Waals surface area contributed by atoms with E-state index in [2.05, 4.69) is 164 Å². The minimum absolute atomic E-state index is 0.947. The number of pyridine rings is 1. The fourth-order valence-electron chi connectivity index (χ4n) is 5.91. The van der Waals surface area contributed by atoms with E-state index in [1.54, 1.807) is 0 Å². The number of benzene rings is 5. The van der Waals surface area contributed by atoms with Gasteiger partial charge in [0, 0.05) is 11.8 Å². The average Bonchev–Trinajstić information content (AvgIpc) is 3.04. The minimum atomic E-state index is -0.947. The molecule has 0 unspecified atom stereocenters. The van der Waals surface area contributed by atoms with E-state index in [1.165, 1.54) is 54.3 Å². The highest BCUT2D eigenvalue weighted by molar-refractivity contribution is 8.32. The molecule has 0 radical (unpaired) electrons. The van der Waals surface area contributed by atoms with Crippen molar-refractivity contribution in [1.82, 2.24) is 4.98 Å². The SMILES string of the molecule is CS(C)(C)c1ccccc1-c1cc(-c2ccccc2-c2ccc(-c3ccccn3)cc2)cc(-c2ccccc2S(C)(C)C)c1. The van der Waals surface area contributed by atoms with Gasteiger partial charge < -0.3 is 0 Å². The van der Waals surface area contributed by atoms with Gasteiger partial charge in [-0.15, -0.1) is 0 Å². The van der Waals surface area contributed by atoms with Gasteiger partial charge in [-0.3, -0.25) is 4.98 Å². The third-order valence-electron chi connectivity index (χ3n) is 8.04. The predicted octanol–water partition coefficient (Wildman–Crippen LogP) is 11.5. The van der Waals surface area contributed by atoms with Crippen LogP contribution in [0.3, 0.4) is 0 Å². The van der Waals surface area contributed by atoms with Gasteiger partial charge in [0.1, 0.15) is 0 Å². The first kappa shape index (κ1) is 30.0. The van der Waals surface area contributed by atoms with Crippen LogP contribution in [0.25, 0.3) is 55.8 Å². The largest absolute Gasteiger partial charge is 0.256 e. The highest BCUT2D eigenvalue weighted by Crippen LogP contribution is 2.53. The summed E-state index contributed by atoms with van der Waals surface area (Å²) in [6, 6.07) is 48.9. The monoisotopic (exact) mass is 611 g/mol. The summed E-state index contributed by atoms with van der Waals surface area (Å²) in [5.41, 5.74) is 12.2. The normalized spacial score (nSPS) is 12.6. The standard InChI is InChI=1S/C41H41NS2/c1-43(2,3)40-20-11-9-17-37(40)33-27-32(28-34(29-33)38-18-10-12-21-41(38)44(4,5)6)36-16-8-7-15-35(36)30-22-24-31(25-23-30)39-19-13-14-26-42-39/h7-29H,1-6H3. The highest BCUT2D eigenvalue weighted by Gasteiger charge is 2.19. The van der Waals surface area contributed by atoms with E-state index in [4.69, 9.17) is 0 Å². The van der Waals surface area contributed by atoms with Gasteiger partial charge >= 0.3 is 0 Å². The van der Waals surface area contributed by atoms with Gasteiger partial charge in [0.25, 0.3) is 0 Å². The Morgan fingerprint density at radius 1 is 0.364 bits per heavy atom. The second-order valence-electron chi connectivity index (χ2n) is 12.8. The van der Waals surface area contributed by atoms with Gasteiger partial charge in [0.2, 0.25) is 0 Å². The predicted molar refractivity (Wildman–Crippen MR) is 199 cm³/mol. The van der Waals surface area contributed by atoms with E-state index < -0.39 is 20.1 Å². The lowest BCUT2D eigenvalue weighted by Crippen LogP contribution is -1.98. The summed E-state index contributed by atoms with van der Waals surface area (Å²) in [4.78, 5) is 7.43. The first-order valence-corrected chi connectivity index (χ1v) is 20.6. The van der Waals surface area contributed by atoms with Crippen LogP contribution in [0.5, 0.6) is 0 Å². The fourth-order valence-corrected chi connectivity index (χ4v) is 8.58. The Morgan fingerprint density at radius 2 is 0.750 bits per heavy atom. The Morgan fingerprint density at radius 3 is 1.20 bits per heavy atom. The Labute approximate surface area is 266 Å². The van der Waals surface area contributed by atoms with Crippen LogP contribution in [0.2, 0.25) is 0 Å². The third-order valence-corrected chi connectivity index (χ3v) is 11.4. The van der Waals surface area contributed by atoms with Crippen LogP contribution in [-0.4, -0.2) is 42.5 Å². The van der Waals surface area contributed by atoms with Crippen molar-refractivity contribution >= 4 is 20.1 Å². The molecule has 6 aromatic rings. The fraction of sp³-hybridized carbons (Fsp3) is 0.146. The number of aromatic nitrogens is 1. The van der Waals surface area contributed by atoms with Crippen LogP contribution in [0, 0.1) is 0 Å². The molecule has 1 heterocycles. The maximum Gasteiger partial charge on any atom is 0.0701 e. The van der Waals surface area contributed by atoms with E-state index in [9.17, 15) is 0 Å². The Balaban J connectivity index is 1.56. The average molecular weight is 612 g/mol. The number of hydrogen-bond donors (Lipinski definition) is 0. The van der Waals surface area contributed by atoms with Crippen LogP contribution in [0.1, 0.15) is 0 Å². The number of hydrogen-bond acceptors (Lipinski definition) is 1. The topological polar surface area (TPSA) is 12.9 Å². The van der Waals surface area contributed by atoms with Gasteiger partial charge in [-0.05, 0) is 134 Å². The maximum atomic E-state index is 4.55. The minimum Gasteiger partial charge on any atom is -0.256 e. The van der Waals surface area contributed by atoms with E-state index >= 15 is 0 Å². The van der Waals surface area contributed by atoms with E-state index in [-0.39, 0.29) is 0 Å². The molecule has 0 atom stereocenters. The third kappa shape index (κ3) is 6.26. The molecule has 5 aromatic carbocycles. The molecule has 3 heteroatoms. The number of rotatable bonds is 7.